The Hall–Kier alpha value is -2.99. The van der Waals surface area contributed by atoms with Crippen molar-refractivity contribution in [2.24, 2.45) is 0 Å². The third kappa shape index (κ3) is 3.33. The number of nitrogens with one attached hydrogen (secondary N) is 2. The molecule has 6 heteroatoms. The van der Waals surface area contributed by atoms with Crippen LogP contribution in [0.3, 0.4) is 0 Å². The van der Waals surface area contributed by atoms with Gasteiger partial charge in [0.25, 0.3) is 5.91 Å². The minimum Gasteiger partial charge on any atom is -0.327 e. The molecule has 2 N–H and O–H groups in total. The van der Waals surface area contributed by atoms with E-state index in [9.17, 15) is 9.59 Å². The van der Waals surface area contributed by atoms with Gasteiger partial charge in [-0.05, 0) is 48.1 Å². The first kappa shape index (κ1) is 15.9. The number of nitrogens with zero attached hydrogens (tertiary/aromatic N) is 1. The summed E-state index contributed by atoms with van der Waals surface area (Å²) in [5.41, 5.74) is 2.57. The quantitative estimate of drug-likeness (QED) is 0.668. The summed E-state index contributed by atoms with van der Waals surface area (Å²) in [6, 6.07) is 16.5. The Morgan fingerprint density at radius 3 is 2.62 bits per heavy atom. The molecule has 0 spiro atoms. The number of thiocarbonyl (C=S) groups is 1. The minimum absolute atomic E-state index is 0.147. The maximum absolute atomic E-state index is 12.6. The number of benzene rings is 2. The summed E-state index contributed by atoms with van der Waals surface area (Å²) < 4.78 is 0. The van der Waals surface area contributed by atoms with E-state index in [0.29, 0.717) is 16.5 Å². The Balaban J connectivity index is 1.88. The van der Waals surface area contributed by atoms with Crippen molar-refractivity contribution in [3.05, 3.63) is 65.9 Å². The number of para-hydroxylation sites is 1. The minimum atomic E-state index is -0.212. The lowest BCUT2D eigenvalue weighted by molar-refractivity contribution is -0.114. The van der Waals surface area contributed by atoms with Crippen LogP contribution in [0, 0.1) is 0 Å². The summed E-state index contributed by atoms with van der Waals surface area (Å²) in [5.74, 6) is -0.359. The van der Waals surface area contributed by atoms with Crippen LogP contribution < -0.4 is 15.5 Å². The predicted molar refractivity (Wildman–Crippen MR) is 98.4 cm³/mol. The van der Waals surface area contributed by atoms with Gasteiger partial charge in [-0.15, -0.1) is 0 Å². The number of rotatable bonds is 3. The van der Waals surface area contributed by atoms with Gasteiger partial charge < -0.3 is 10.6 Å². The summed E-state index contributed by atoms with van der Waals surface area (Å²) >= 11 is 5.27. The van der Waals surface area contributed by atoms with Crippen LogP contribution in [0.25, 0.3) is 6.08 Å². The maximum Gasteiger partial charge on any atom is 0.281 e. The summed E-state index contributed by atoms with van der Waals surface area (Å²) in [5, 5.41) is 6.00. The second kappa shape index (κ2) is 6.64. The van der Waals surface area contributed by atoms with E-state index in [4.69, 9.17) is 12.2 Å². The van der Waals surface area contributed by atoms with E-state index in [1.165, 1.54) is 11.8 Å². The van der Waals surface area contributed by atoms with Gasteiger partial charge in [-0.25, -0.2) is 0 Å². The Bertz CT molecular complexity index is 846. The maximum atomic E-state index is 12.6. The third-order valence-electron chi connectivity index (χ3n) is 3.41. The smallest absolute Gasteiger partial charge is 0.281 e. The first-order valence-corrected chi connectivity index (χ1v) is 7.75. The van der Waals surface area contributed by atoms with Gasteiger partial charge in [0.2, 0.25) is 5.91 Å². The van der Waals surface area contributed by atoms with Gasteiger partial charge in [0.1, 0.15) is 5.70 Å². The van der Waals surface area contributed by atoms with Crippen molar-refractivity contribution < 1.29 is 9.59 Å². The Morgan fingerprint density at radius 2 is 1.92 bits per heavy atom. The van der Waals surface area contributed by atoms with Crippen LogP contribution >= 0.6 is 12.2 Å². The van der Waals surface area contributed by atoms with Gasteiger partial charge in [-0.3, -0.25) is 14.5 Å². The second-order valence-electron chi connectivity index (χ2n) is 5.27. The number of anilines is 2. The number of hydrogen-bond acceptors (Lipinski definition) is 3. The molecule has 0 aromatic heterocycles. The zero-order valence-corrected chi connectivity index (χ0v) is 13.8. The third-order valence-corrected chi connectivity index (χ3v) is 3.70. The van der Waals surface area contributed by atoms with Crippen LogP contribution in [0.15, 0.2) is 60.3 Å². The van der Waals surface area contributed by atoms with E-state index in [1.807, 2.05) is 42.5 Å². The van der Waals surface area contributed by atoms with Gasteiger partial charge in [-0.1, -0.05) is 30.3 Å². The molecule has 2 amide bonds. The van der Waals surface area contributed by atoms with Crippen molar-refractivity contribution in [3.63, 3.8) is 0 Å². The molecule has 1 saturated heterocycles. The molecule has 0 bridgehead atoms. The first-order chi connectivity index (χ1) is 11.5. The summed E-state index contributed by atoms with van der Waals surface area (Å²) in [4.78, 5) is 25.2. The molecule has 1 fully saturated rings. The zero-order valence-electron chi connectivity index (χ0n) is 12.9. The molecular formula is C18H15N3O2S. The van der Waals surface area contributed by atoms with Crippen molar-refractivity contribution in [1.82, 2.24) is 5.32 Å². The fraction of sp³-hybridized carbons (Fsp3) is 0.0556. The van der Waals surface area contributed by atoms with E-state index in [1.54, 1.807) is 18.2 Å². The van der Waals surface area contributed by atoms with Crippen molar-refractivity contribution in [2.75, 3.05) is 10.2 Å². The number of carbonyl (C=O) groups is 2. The molecule has 0 aliphatic carbocycles. The highest BCUT2D eigenvalue weighted by Crippen LogP contribution is 2.22. The molecule has 120 valence electrons. The average molecular weight is 337 g/mol. The molecule has 1 aliphatic rings. The molecule has 2 aromatic carbocycles. The lowest BCUT2D eigenvalue weighted by atomic mass is 10.1. The van der Waals surface area contributed by atoms with Gasteiger partial charge >= 0.3 is 0 Å². The summed E-state index contributed by atoms with van der Waals surface area (Å²) in [6.45, 7) is 1.45. The largest absolute Gasteiger partial charge is 0.327 e. The molecule has 0 radical (unpaired) electrons. The van der Waals surface area contributed by atoms with Crippen LogP contribution in [-0.2, 0) is 9.59 Å². The SMILES string of the molecule is CC(=O)Nc1cccc(/C=C2\NC(=S)N(c3ccccc3)C2=O)c1. The van der Waals surface area contributed by atoms with E-state index >= 15 is 0 Å². The highest BCUT2D eigenvalue weighted by molar-refractivity contribution is 7.80. The monoisotopic (exact) mass is 337 g/mol. The van der Waals surface area contributed by atoms with Crippen LogP contribution in [0.5, 0.6) is 0 Å². The number of amides is 2. The van der Waals surface area contributed by atoms with Crippen LogP contribution in [-0.4, -0.2) is 16.9 Å². The Kier molecular flexibility index (Phi) is 4.39. The van der Waals surface area contributed by atoms with Crippen molar-refractivity contribution in [1.29, 1.82) is 0 Å². The topological polar surface area (TPSA) is 61.4 Å². The fourth-order valence-corrected chi connectivity index (χ4v) is 2.72. The van der Waals surface area contributed by atoms with Crippen molar-refractivity contribution >= 4 is 46.6 Å². The molecule has 2 aromatic rings. The molecular weight excluding hydrogens is 322 g/mol. The normalized spacial score (nSPS) is 15.5. The number of carbonyl (C=O) groups excluding carboxylic acids is 2. The fourth-order valence-electron chi connectivity index (χ4n) is 2.42. The molecule has 1 aliphatic heterocycles. The highest BCUT2D eigenvalue weighted by atomic mass is 32.1. The van der Waals surface area contributed by atoms with Crippen LogP contribution in [0.4, 0.5) is 11.4 Å². The van der Waals surface area contributed by atoms with Crippen molar-refractivity contribution in [3.8, 4) is 0 Å². The van der Waals surface area contributed by atoms with Crippen LogP contribution in [0.2, 0.25) is 0 Å². The highest BCUT2D eigenvalue weighted by Gasteiger charge is 2.31. The van der Waals surface area contributed by atoms with E-state index < -0.39 is 0 Å². The van der Waals surface area contributed by atoms with Gasteiger partial charge in [0, 0.05) is 12.6 Å². The van der Waals surface area contributed by atoms with E-state index in [-0.39, 0.29) is 11.8 Å². The first-order valence-electron chi connectivity index (χ1n) is 7.34. The molecule has 1 heterocycles. The lowest BCUT2D eigenvalue weighted by Crippen LogP contribution is -2.30. The molecule has 24 heavy (non-hydrogen) atoms. The van der Waals surface area contributed by atoms with Crippen LogP contribution in [0.1, 0.15) is 12.5 Å². The Labute approximate surface area is 145 Å². The molecule has 0 unspecified atom stereocenters. The summed E-state index contributed by atoms with van der Waals surface area (Å²) in [6.07, 6.45) is 1.71. The average Bonchev–Trinajstić information content (AvgIpc) is 2.82. The summed E-state index contributed by atoms with van der Waals surface area (Å²) in [7, 11) is 0. The predicted octanol–water partition coefficient (Wildman–Crippen LogP) is 2.91. The van der Waals surface area contributed by atoms with Gasteiger partial charge in [0.15, 0.2) is 5.11 Å². The van der Waals surface area contributed by atoms with Gasteiger partial charge in [0.05, 0.1) is 5.69 Å². The number of hydrogen-bond donors (Lipinski definition) is 2. The zero-order chi connectivity index (χ0) is 17.1. The Morgan fingerprint density at radius 1 is 1.17 bits per heavy atom. The van der Waals surface area contributed by atoms with Crippen molar-refractivity contribution in [2.45, 2.75) is 6.92 Å². The van der Waals surface area contributed by atoms with Gasteiger partial charge in [-0.2, -0.15) is 0 Å². The lowest BCUT2D eigenvalue weighted by Gasteiger charge is -2.13. The molecule has 0 atom stereocenters. The molecule has 0 saturated carbocycles. The second-order valence-corrected chi connectivity index (χ2v) is 5.66. The van der Waals surface area contributed by atoms with E-state index in [0.717, 1.165) is 11.3 Å². The molecule has 3 rings (SSSR count). The molecule has 5 nitrogen and oxygen atoms in total. The standard InChI is InChI=1S/C18H15N3O2S/c1-12(22)19-14-7-5-6-13(10-14)11-16-17(23)21(18(24)20-16)15-8-3-2-4-9-15/h2-11H,1H3,(H,19,22)(H,20,24)/b16-11-. The van der Waals surface area contributed by atoms with E-state index in [2.05, 4.69) is 10.6 Å².